The van der Waals surface area contributed by atoms with Gasteiger partial charge in [0.15, 0.2) is 24.2 Å². The molecule has 0 aromatic heterocycles. The highest BCUT2D eigenvalue weighted by atomic mass is 16.8. The second-order valence-corrected chi connectivity index (χ2v) is 12.7. The summed E-state index contributed by atoms with van der Waals surface area (Å²) < 4.78 is 61.3. The SMILES string of the molecule is COC(OC)[C@@H]1OC(C)(C)O[C@H]1[C@H](O[C@@H]1O[C@H](COCc2ccccc2)[C@H](O)[C@H](O)[C@H]1OCc1ccccc1)[C@H]1COC(C)(C)O1. The van der Waals surface area contributed by atoms with Crippen LogP contribution in [0.5, 0.6) is 0 Å². The molecule has 9 atom stereocenters. The van der Waals surface area contributed by atoms with Crippen LogP contribution in [0.15, 0.2) is 60.7 Å². The summed E-state index contributed by atoms with van der Waals surface area (Å²) in [6, 6.07) is 19.2. The van der Waals surface area contributed by atoms with Crippen LogP contribution in [0.3, 0.4) is 0 Å². The first-order valence-electron chi connectivity index (χ1n) is 15.7. The predicted octanol–water partition coefficient (Wildman–Crippen LogP) is 2.91. The van der Waals surface area contributed by atoms with Gasteiger partial charge in [-0.25, -0.2) is 0 Å². The van der Waals surface area contributed by atoms with Crippen molar-refractivity contribution in [3.05, 3.63) is 71.8 Å². The second-order valence-electron chi connectivity index (χ2n) is 12.7. The van der Waals surface area contributed by atoms with E-state index in [1.165, 1.54) is 14.2 Å². The number of aliphatic hydroxyl groups excluding tert-OH is 2. The van der Waals surface area contributed by atoms with Gasteiger partial charge in [-0.05, 0) is 38.8 Å². The molecule has 0 saturated carbocycles. The van der Waals surface area contributed by atoms with Gasteiger partial charge in [0.05, 0.1) is 26.4 Å². The quantitative estimate of drug-likeness (QED) is 0.292. The van der Waals surface area contributed by atoms with Gasteiger partial charge in [0.1, 0.15) is 48.8 Å². The normalized spacial score (nSPS) is 33.0. The van der Waals surface area contributed by atoms with Gasteiger partial charge >= 0.3 is 0 Å². The molecule has 0 spiro atoms. The molecule has 0 bridgehead atoms. The van der Waals surface area contributed by atoms with Crippen molar-refractivity contribution in [2.24, 2.45) is 0 Å². The number of hydrogen-bond acceptors (Lipinski definition) is 12. The fraction of sp³-hybridized carbons (Fsp3) is 0.647. The lowest BCUT2D eigenvalue weighted by atomic mass is 9.98. The van der Waals surface area contributed by atoms with Crippen molar-refractivity contribution in [2.75, 3.05) is 27.4 Å². The summed E-state index contributed by atoms with van der Waals surface area (Å²) in [4.78, 5) is 0. The topological polar surface area (TPSA) is 133 Å². The summed E-state index contributed by atoms with van der Waals surface area (Å²) >= 11 is 0. The van der Waals surface area contributed by atoms with Crippen LogP contribution < -0.4 is 0 Å². The molecule has 12 nitrogen and oxygen atoms in total. The van der Waals surface area contributed by atoms with Crippen LogP contribution >= 0.6 is 0 Å². The zero-order valence-corrected chi connectivity index (χ0v) is 27.4. The smallest absolute Gasteiger partial charge is 0.187 e. The van der Waals surface area contributed by atoms with Crippen LogP contribution in [0, 0.1) is 0 Å². The molecular formula is C34H48O12. The fourth-order valence-electron chi connectivity index (χ4n) is 6.02. The number of aliphatic hydroxyl groups is 2. The Morgan fingerprint density at radius 2 is 1.39 bits per heavy atom. The van der Waals surface area contributed by atoms with E-state index in [2.05, 4.69) is 0 Å². The highest BCUT2D eigenvalue weighted by Crippen LogP contribution is 2.39. The van der Waals surface area contributed by atoms with Crippen molar-refractivity contribution >= 4 is 0 Å². The molecular weight excluding hydrogens is 600 g/mol. The van der Waals surface area contributed by atoms with Crippen molar-refractivity contribution in [3.8, 4) is 0 Å². The Bertz CT molecular complexity index is 1190. The van der Waals surface area contributed by atoms with Gasteiger partial charge in [0.2, 0.25) is 0 Å². The number of rotatable bonds is 14. The van der Waals surface area contributed by atoms with E-state index < -0.39 is 73.0 Å². The van der Waals surface area contributed by atoms with Gasteiger partial charge in [-0.3, -0.25) is 0 Å². The Kier molecular flexibility index (Phi) is 11.8. The molecule has 3 aliphatic heterocycles. The van der Waals surface area contributed by atoms with Gasteiger partial charge < -0.3 is 57.6 Å². The average molecular weight is 649 g/mol. The summed E-state index contributed by atoms with van der Waals surface area (Å²) in [6.45, 7) is 7.83. The second kappa shape index (κ2) is 15.5. The summed E-state index contributed by atoms with van der Waals surface area (Å²) in [5.41, 5.74) is 1.84. The Morgan fingerprint density at radius 3 is 1.98 bits per heavy atom. The van der Waals surface area contributed by atoms with Gasteiger partial charge in [-0.15, -0.1) is 0 Å². The third kappa shape index (κ3) is 8.70. The van der Waals surface area contributed by atoms with Crippen LogP contribution in [0.4, 0.5) is 0 Å². The third-order valence-corrected chi connectivity index (χ3v) is 8.23. The van der Waals surface area contributed by atoms with E-state index in [4.69, 9.17) is 47.4 Å². The van der Waals surface area contributed by atoms with Crippen molar-refractivity contribution in [1.82, 2.24) is 0 Å². The molecule has 2 aromatic rings. The molecule has 46 heavy (non-hydrogen) atoms. The molecule has 0 aliphatic carbocycles. The zero-order valence-electron chi connectivity index (χ0n) is 27.4. The summed E-state index contributed by atoms with van der Waals surface area (Å²) in [5, 5.41) is 22.6. The standard InChI is InChI=1S/C34H48O12/c1-33(2)41-20-24(44-33)27(29-30(31(37-5)38-6)46-34(3,4)45-29)43-32-28(40-18-22-15-11-8-12-16-22)26(36)25(35)23(42-32)19-39-17-21-13-9-7-10-14-21/h7-16,23-32,35-36H,17-20H2,1-6H3/t23-,24-,25+,26+,27-,28-,29+,30-,32+/m1/s1. The molecule has 0 amide bonds. The van der Waals surface area contributed by atoms with Crippen molar-refractivity contribution in [1.29, 1.82) is 0 Å². The lowest BCUT2D eigenvalue weighted by Gasteiger charge is -2.44. The Balaban J connectivity index is 1.42. The summed E-state index contributed by atoms with van der Waals surface area (Å²) in [5.74, 6) is -1.90. The third-order valence-electron chi connectivity index (χ3n) is 8.23. The number of methoxy groups -OCH3 is 2. The highest BCUT2D eigenvalue weighted by molar-refractivity contribution is 5.14. The molecule has 2 N–H and O–H groups in total. The zero-order chi connectivity index (χ0) is 32.9. The molecule has 3 fully saturated rings. The highest BCUT2D eigenvalue weighted by Gasteiger charge is 2.56. The fourth-order valence-corrected chi connectivity index (χ4v) is 6.02. The van der Waals surface area contributed by atoms with Crippen molar-refractivity contribution in [2.45, 2.75) is 114 Å². The van der Waals surface area contributed by atoms with Crippen molar-refractivity contribution < 1.29 is 57.6 Å². The molecule has 0 radical (unpaired) electrons. The van der Waals surface area contributed by atoms with Gasteiger partial charge in [0.25, 0.3) is 0 Å². The van der Waals surface area contributed by atoms with Gasteiger partial charge in [-0.1, -0.05) is 60.7 Å². The molecule has 3 aliphatic rings. The minimum atomic E-state index is -1.37. The van der Waals surface area contributed by atoms with Gasteiger partial charge in [0, 0.05) is 14.2 Å². The molecule has 12 heteroatoms. The monoisotopic (exact) mass is 648 g/mol. The molecule has 3 saturated heterocycles. The van der Waals surface area contributed by atoms with E-state index in [0.29, 0.717) is 6.61 Å². The first kappa shape index (κ1) is 35.3. The lowest BCUT2D eigenvalue weighted by Crippen LogP contribution is -2.62. The number of ether oxygens (including phenoxy) is 10. The Hall–Kier alpha value is -2.04. The minimum Gasteiger partial charge on any atom is -0.387 e. The van der Waals surface area contributed by atoms with Crippen LogP contribution in [-0.2, 0) is 60.6 Å². The molecule has 0 unspecified atom stereocenters. The predicted molar refractivity (Wildman–Crippen MR) is 163 cm³/mol. The number of hydrogen-bond donors (Lipinski definition) is 2. The molecule has 2 aromatic carbocycles. The van der Waals surface area contributed by atoms with Crippen LogP contribution in [0.25, 0.3) is 0 Å². The van der Waals surface area contributed by atoms with E-state index in [1.807, 2.05) is 74.5 Å². The molecule has 256 valence electrons. The Labute approximate surface area is 270 Å². The average Bonchev–Trinajstić information content (AvgIpc) is 3.56. The molecule has 3 heterocycles. The summed E-state index contributed by atoms with van der Waals surface area (Å²) in [6.07, 6.45) is -9.70. The van der Waals surface area contributed by atoms with E-state index >= 15 is 0 Å². The van der Waals surface area contributed by atoms with E-state index in [0.717, 1.165) is 11.1 Å². The Morgan fingerprint density at radius 1 is 0.783 bits per heavy atom. The van der Waals surface area contributed by atoms with E-state index in [-0.39, 0.29) is 19.8 Å². The number of benzene rings is 2. The van der Waals surface area contributed by atoms with Crippen LogP contribution in [-0.4, -0.2) is 111 Å². The first-order chi connectivity index (χ1) is 22.0. The van der Waals surface area contributed by atoms with Crippen LogP contribution in [0.1, 0.15) is 38.8 Å². The maximum Gasteiger partial charge on any atom is 0.187 e. The van der Waals surface area contributed by atoms with E-state index in [9.17, 15) is 10.2 Å². The molecule has 5 rings (SSSR count). The summed E-state index contributed by atoms with van der Waals surface area (Å²) in [7, 11) is 3.03. The van der Waals surface area contributed by atoms with Gasteiger partial charge in [-0.2, -0.15) is 0 Å². The minimum absolute atomic E-state index is 0.00670. The maximum absolute atomic E-state index is 11.5. The van der Waals surface area contributed by atoms with E-state index in [1.54, 1.807) is 13.8 Å². The maximum atomic E-state index is 11.5. The largest absolute Gasteiger partial charge is 0.387 e. The lowest BCUT2D eigenvalue weighted by molar-refractivity contribution is -0.338. The van der Waals surface area contributed by atoms with Crippen molar-refractivity contribution in [3.63, 3.8) is 0 Å². The van der Waals surface area contributed by atoms with Crippen LogP contribution in [0.2, 0.25) is 0 Å². The first-order valence-corrected chi connectivity index (χ1v) is 15.7.